The van der Waals surface area contributed by atoms with Crippen LogP contribution in [0.3, 0.4) is 0 Å². The molecule has 0 spiro atoms. The van der Waals surface area contributed by atoms with Crippen molar-refractivity contribution in [1.29, 1.82) is 0 Å². The number of rotatable bonds is 5. The third-order valence-corrected chi connectivity index (χ3v) is 8.15. The number of aryl methyl sites for hydroxylation is 2. The van der Waals surface area contributed by atoms with Crippen molar-refractivity contribution in [2.45, 2.75) is 30.6 Å². The van der Waals surface area contributed by atoms with E-state index in [1.165, 1.54) is 32.3 Å². The minimum absolute atomic E-state index is 0.0373. The lowest BCUT2D eigenvalue weighted by Gasteiger charge is -2.17. The fraction of sp³-hybridized carbons (Fsp3) is 0.294. The van der Waals surface area contributed by atoms with Gasteiger partial charge in [0.1, 0.15) is 0 Å². The topological polar surface area (TPSA) is 83.5 Å². The molecule has 9 heteroatoms. The number of nitrogens with one attached hydrogen (secondary N) is 1. The first kappa shape index (κ1) is 20.9. The second-order valence-corrected chi connectivity index (χ2v) is 10.9. The summed E-state index contributed by atoms with van der Waals surface area (Å²) in [5.74, 6) is 0. The van der Waals surface area contributed by atoms with Crippen LogP contribution in [-0.2, 0) is 20.0 Å². The fourth-order valence-corrected chi connectivity index (χ4v) is 4.74. The third kappa shape index (κ3) is 4.11. The molecule has 1 N–H and O–H groups in total. The van der Waals surface area contributed by atoms with Crippen LogP contribution in [0.25, 0.3) is 0 Å². The Balaban J connectivity index is 2.55. The molecule has 0 saturated heterocycles. The Kier molecular flexibility index (Phi) is 5.86. The van der Waals surface area contributed by atoms with E-state index in [0.717, 1.165) is 14.3 Å². The molecule has 0 fully saturated rings. The molecule has 2 aromatic carbocycles. The van der Waals surface area contributed by atoms with E-state index in [1.807, 2.05) is 0 Å². The molecule has 142 valence electrons. The lowest BCUT2D eigenvalue weighted by atomic mass is 10.1. The van der Waals surface area contributed by atoms with Gasteiger partial charge >= 0.3 is 0 Å². The fourth-order valence-electron chi connectivity index (χ4n) is 2.28. The van der Waals surface area contributed by atoms with Gasteiger partial charge in [0.05, 0.1) is 15.5 Å². The molecule has 0 saturated carbocycles. The Morgan fingerprint density at radius 1 is 0.885 bits per heavy atom. The van der Waals surface area contributed by atoms with Crippen LogP contribution in [-0.4, -0.2) is 35.2 Å². The summed E-state index contributed by atoms with van der Waals surface area (Å²) in [7, 11) is -4.67. The van der Waals surface area contributed by atoms with Gasteiger partial charge in [0.2, 0.25) is 10.0 Å². The number of sulfonamides is 2. The number of hydrogen-bond donors (Lipinski definition) is 1. The zero-order chi connectivity index (χ0) is 19.9. The zero-order valence-electron chi connectivity index (χ0n) is 15.2. The maximum absolute atomic E-state index is 12.7. The summed E-state index contributed by atoms with van der Waals surface area (Å²) >= 11 is 3.34. The van der Waals surface area contributed by atoms with Gasteiger partial charge in [-0.1, -0.05) is 15.9 Å². The van der Waals surface area contributed by atoms with Gasteiger partial charge in [-0.05, 0) is 67.8 Å². The lowest BCUT2D eigenvalue weighted by Crippen LogP contribution is -2.23. The van der Waals surface area contributed by atoms with Gasteiger partial charge in [0.15, 0.2) is 0 Å². The first-order valence-electron chi connectivity index (χ1n) is 7.69. The molecule has 0 heterocycles. The van der Waals surface area contributed by atoms with Gasteiger partial charge in [-0.3, -0.25) is 4.72 Å². The number of nitrogens with zero attached hydrogens (tertiary/aromatic N) is 1. The second-order valence-electron chi connectivity index (χ2n) is 6.22. The quantitative estimate of drug-likeness (QED) is 0.740. The summed E-state index contributed by atoms with van der Waals surface area (Å²) < 4.78 is 54.7. The van der Waals surface area contributed by atoms with Crippen LogP contribution in [0.5, 0.6) is 0 Å². The third-order valence-electron chi connectivity index (χ3n) is 4.10. The van der Waals surface area contributed by atoms with Gasteiger partial charge in [-0.15, -0.1) is 0 Å². The van der Waals surface area contributed by atoms with Crippen LogP contribution in [0.1, 0.15) is 16.7 Å². The molecule has 0 bridgehead atoms. The molecule has 0 aliphatic rings. The van der Waals surface area contributed by atoms with E-state index >= 15 is 0 Å². The summed E-state index contributed by atoms with van der Waals surface area (Å²) in [4.78, 5) is 0.145. The minimum atomic E-state index is -3.85. The number of hydrogen-bond acceptors (Lipinski definition) is 4. The van der Waals surface area contributed by atoms with Crippen molar-refractivity contribution in [2.75, 3.05) is 18.8 Å². The summed E-state index contributed by atoms with van der Waals surface area (Å²) in [6.45, 7) is 5.28. The van der Waals surface area contributed by atoms with Crippen molar-refractivity contribution in [3.05, 3.63) is 51.5 Å². The van der Waals surface area contributed by atoms with Gasteiger partial charge < -0.3 is 0 Å². The van der Waals surface area contributed by atoms with Crippen LogP contribution in [0.15, 0.2) is 44.6 Å². The standard InChI is InChI=1S/C17H21BrN2O4S2/c1-11-8-15(26(23,24)20(4)5)10-17(13(11)3)19-25(21,22)14-6-7-16(18)12(2)9-14/h6-10,19H,1-5H3. The van der Waals surface area contributed by atoms with Gasteiger partial charge in [-0.2, -0.15) is 0 Å². The predicted octanol–water partition coefficient (Wildman–Crippen LogP) is 3.43. The normalized spacial score (nSPS) is 12.4. The molecular weight excluding hydrogens is 440 g/mol. The van der Waals surface area contributed by atoms with E-state index in [0.29, 0.717) is 11.1 Å². The van der Waals surface area contributed by atoms with Crippen LogP contribution in [0.2, 0.25) is 0 Å². The molecule has 0 radical (unpaired) electrons. The highest BCUT2D eigenvalue weighted by Crippen LogP contribution is 2.28. The van der Waals surface area contributed by atoms with E-state index in [-0.39, 0.29) is 15.5 Å². The molecule has 2 aromatic rings. The van der Waals surface area contributed by atoms with E-state index in [4.69, 9.17) is 0 Å². The highest BCUT2D eigenvalue weighted by Gasteiger charge is 2.22. The predicted molar refractivity (Wildman–Crippen MR) is 106 cm³/mol. The SMILES string of the molecule is Cc1cc(S(=O)(=O)Nc2cc(S(=O)(=O)N(C)C)cc(C)c2C)ccc1Br. The summed E-state index contributed by atoms with van der Waals surface area (Å²) in [6.07, 6.45) is 0. The molecule has 0 aliphatic carbocycles. The van der Waals surface area contributed by atoms with Crippen molar-refractivity contribution in [3.8, 4) is 0 Å². The molecule has 2 rings (SSSR count). The molecular formula is C17H21BrN2O4S2. The average molecular weight is 461 g/mol. The summed E-state index contributed by atoms with van der Waals surface area (Å²) in [5.41, 5.74) is 2.37. The lowest BCUT2D eigenvalue weighted by molar-refractivity contribution is 0.520. The van der Waals surface area contributed by atoms with Crippen LogP contribution >= 0.6 is 15.9 Å². The first-order valence-corrected chi connectivity index (χ1v) is 11.4. The number of halogens is 1. The Labute approximate surface area is 163 Å². The molecule has 0 atom stereocenters. The minimum Gasteiger partial charge on any atom is -0.279 e. The smallest absolute Gasteiger partial charge is 0.261 e. The highest BCUT2D eigenvalue weighted by molar-refractivity contribution is 9.10. The van der Waals surface area contributed by atoms with Crippen molar-refractivity contribution in [3.63, 3.8) is 0 Å². The van der Waals surface area contributed by atoms with E-state index in [9.17, 15) is 16.8 Å². The molecule has 26 heavy (non-hydrogen) atoms. The number of benzene rings is 2. The maximum Gasteiger partial charge on any atom is 0.261 e. The Hall–Kier alpha value is -1.42. The van der Waals surface area contributed by atoms with Crippen LogP contribution < -0.4 is 4.72 Å². The van der Waals surface area contributed by atoms with Crippen molar-refractivity contribution < 1.29 is 16.8 Å². The maximum atomic E-state index is 12.7. The second kappa shape index (κ2) is 7.30. The largest absolute Gasteiger partial charge is 0.279 e. The summed E-state index contributed by atoms with van der Waals surface area (Å²) in [5, 5.41) is 0. The summed E-state index contributed by atoms with van der Waals surface area (Å²) in [6, 6.07) is 7.58. The zero-order valence-corrected chi connectivity index (χ0v) is 18.4. The highest BCUT2D eigenvalue weighted by atomic mass is 79.9. The van der Waals surface area contributed by atoms with Crippen molar-refractivity contribution in [1.82, 2.24) is 4.31 Å². The van der Waals surface area contributed by atoms with Crippen LogP contribution in [0.4, 0.5) is 5.69 Å². The average Bonchev–Trinajstić information content (AvgIpc) is 2.53. The van der Waals surface area contributed by atoms with Gasteiger partial charge in [0.25, 0.3) is 10.0 Å². The Morgan fingerprint density at radius 3 is 2.00 bits per heavy atom. The monoisotopic (exact) mass is 460 g/mol. The number of anilines is 1. The first-order chi connectivity index (χ1) is 11.9. The van der Waals surface area contributed by atoms with Gasteiger partial charge in [-0.25, -0.2) is 21.1 Å². The Morgan fingerprint density at radius 2 is 1.46 bits per heavy atom. The molecule has 6 nitrogen and oxygen atoms in total. The van der Waals surface area contributed by atoms with Crippen molar-refractivity contribution in [2.24, 2.45) is 0 Å². The van der Waals surface area contributed by atoms with E-state index in [2.05, 4.69) is 20.7 Å². The molecule has 0 aliphatic heterocycles. The van der Waals surface area contributed by atoms with Gasteiger partial charge in [0, 0.05) is 18.6 Å². The van der Waals surface area contributed by atoms with Crippen molar-refractivity contribution >= 4 is 41.7 Å². The Bertz CT molecular complexity index is 1060. The molecule has 0 amide bonds. The van der Waals surface area contributed by atoms with E-state index in [1.54, 1.807) is 32.9 Å². The molecule has 0 aromatic heterocycles. The van der Waals surface area contributed by atoms with E-state index < -0.39 is 20.0 Å². The van der Waals surface area contributed by atoms with Crippen LogP contribution in [0, 0.1) is 20.8 Å². The molecule has 0 unspecified atom stereocenters.